The summed E-state index contributed by atoms with van der Waals surface area (Å²) in [5, 5.41) is 14.1. The maximum atomic E-state index is 11.6. The molecule has 1 aromatic carbocycles. The Morgan fingerprint density at radius 1 is 1.17 bits per heavy atom. The second kappa shape index (κ2) is 7.09. The van der Waals surface area contributed by atoms with Crippen LogP contribution < -0.4 is 15.4 Å². The first-order chi connectivity index (χ1) is 11.3. The third kappa shape index (κ3) is 4.18. The lowest BCUT2D eigenvalue weighted by molar-refractivity contribution is -0.117. The molecule has 1 amide bonds. The number of para-hydroxylation sites is 1. The zero-order valence-corrected chi connectivity index (χ0v) is 13.1. The van der Waals surface area contributed by atoms with Crippen LogP contribution in [0.1, 0.15) is 18.4 Å². The number of nitrogens with zero attached hydrogens (tertiary/aromatic N) is 2. The molecule has 23 heavy (non-hydrogen) atoms. The number of aromatic nitrogens is 2. The number of anilines is 2. The molecule has 0 radical (unpaired) electrons. The number of nitrogens with one attached hydrogen (secondary N) is 2. The van der Waals surface area contributed by atoms with Crippen molar-refractivity contribution in [1.82, 2.24) is 10.2 Å². The Labute approximate surface area is 135 Å². The van der Waals surface area contributed by atoms with Gasteiger partial charge in [0.1, 0.15) is 11.6 Å². The van der Waals surface area contributed by atoms with E-state index in [9.17, 15) is 4.79 Å². The van der Waals surface area contributed by atoms with E-state index in [0.717, 1.165) is 37.1 Å². The summed E-state index contributed by atoms with van der Waals surface area (Å²) in [6.45, 7) is 0.725. The van der Waals surface area contributed by atoms with Gasteiger partial charge in [-0.15, -0.1) is 10.2 Å². The van der Waals surface area contributed by atoms with Crippen molar-refractivity contribution in [3.8, 4) is 5.75 Å². The summed E-state index contributed by atoms with van der Waals surface area (Å²) >= 11 is 0. The summed E-state index contributed by atoms with van der Waals surface area (Å²) < 4.78 is 5.33. The lowest BCUT2D eigenvalue weighted by Crippen LogP contribution is -2.15. The summed E-state index contributed by atoms with van der Waals surface area (Å²) in [5.41, 5.74) is 1.14. The third-order valence-electron chi connectivity index (χ3n) is 3.76. The molecule has 0 atom stereocenters. The van der Waals surface area contributed by atoms with Crippen LogP contribution in [0, 0.1) is 5.92 Å². The Morgan fingerprint density at radius 2 is 1.91 bits per heavy atom. The summed E-state index contributed by atoms with van der Waals surface area (Å²) in [6, 6.07) is 11.5. The number of ether oxygens (including phenoxy) is 1. The number of carbonyl (C=O) groups is 1. The van der Waals surface area contributed by atoms with E-state index >= 15 is 0 Å². The second-order valence-corrected chi connectivity index (χ2v) is 5.56. The standard InChI is InChI=1S/C17H20N4O2/c1-23-14-5-3-2-4-12(14)10-11-18-15-8-9-16(21-20-15)19-17(22)13-6-7-13/h2-5,8-9,13H,6-7,10-11H2,1H3,(H,18,20)(H,19,21,22). The molecule has 2 N–H and O–H groups in total. The van der Waals surface area contributed by atoms with Gasteiger partial charge in [0.25, 0.3) is 0 Å². The molecule has 0 spiro atoms. The van der Waals surface area contributed by atoms with Crippen molar-refractivity contribution in [2.45, 2.75) is 19.3 Å². The van der Waals surface area contributed by atoms with Crippen molar-refractivity contribution < 1.29 is 9.53 Å². The van der Waals surface area contributed by atoms with E-state index in [-0.39, 0.29) is 11.8 Å². The Bertz CT molecular complexity index is 669. The summed E-state index contributed by atoms with van der Waals surface area (Å²) in [4.78, 5) is 11.6. The van der Waals surface area contributed by atoms with E-state index in [2.05, 4.69) is 20.8 Å². The fourth-order valence-corrected chi connectivity index (χ4v) is 2.30. The van der Waals surface area contributed by atoms with E-state index in [4.69, 9.17) is 4.74 Å². The fourth-order valence-electron chi connectivity index (χ4n) is 2.30. The van der Waals surface area contributed by atoms with Crippen LogP contribution in [0.25, 0.3) is 0 Å². The zero-order valence-electron chi connectivity index (χ0n) is 13.1. The molecular weight excluding hydrogens is 292 g/mol. The molecule has 1 aromatic heterocycles. The Balaban J connectivity index is 1.49. The van der Waals surface area contributed by atoms with Crippen molar-refractivity contribution >= 4 is 17.5 Å². The second-order valence-electron chi connectivity index (χ2n) is 5.56. The van der Waals surface area contributed by atoms with Gasteiger partial charge in [-0.3, -0.25) is 4.79 Å². The molecule has 1 aliphatic carbocycles. The summed E-state index contributed by atoms with van der Waals surface area (Å²) in [6.07, 6.45) is 2.77. The number of amides is 1. The normalized spacial score (nSPS) is 13.4. The molecular formula is C17H20N4O2. The lowest BCUT2D eigenvalue weighted by Gasteiger charge is -2.09. The maximum Gasteiger partial charge on any atom is 0.228 e. The number of rotatable bonds is 7. The topological polar surface area (TPSA) is 76.1 Å². The molecule has 6 heteroatoms. The van der Waals surface area contributed by atoms with Gasteiger partial charge >= 0.3 is 0 Å². The highest BCUT2D eigenvalue weighted by Crippen LogP contribution is 2.29. The van der Waals surface area contributed by atoms with Crippen LogP contribution in [0.3, 0.4) is 0 Å². The smallest absolute Gasteiger partial charge is 0.228 e. The molecule has 0 saturated heterocycles. The number of carbonyl (C=O) groups excluding carboxylic acids is 1. The van der Waals surface area contributed by atoms with Crippen molar-refractivity contribution in [3.63, 3.8) is 0 Å². The summed E-state index contributed by atoms with van der Waals surface area (Å²) in [5.74, 6) is 2.27. The molecule has 1 fully saturated rings. The number of benzene rings is 1. The van der Waals surface area contributed by atoms with Crippen LogP contribution in [0.15, 0.2) is 36.4 Å². The predicted molar refractivity (Wildman–Crippen MR) is 88.6 cm³/mol. The summed E-state index contributed by atoms with van der Waals surface area (Å²) in [7, 11) is 1.67. The molecule has 1 heterocycles. The predicted octanol–water partition coefficient (Wildman–Crippen LogP) is 2.49. The molecule has 0 bridgehead atoms. The van der Waals surface area contributed by atoms with Crippen molar-refractivity contribution in [2.24, 2.45) is 5.92 Å². The molecule has 2 aromatic rings. The van der Waals surface area contributed by atoms with Gasteiger partial charge < -0.3 is 15.4 Å². The Hall–Kier alpha value is -2.63. The average Bonchev–Trinajstić information content (AvgIpc) is 3.42. The SMILES string of the molecule is COc1ccccc1CCNc1ccc(NC(=O)C2CC2)nn1. The quantitative estimate of drug-likeness (QED) is 0.821. The van der Waals surface area contributed by atoms with E-state index in [1.165, 1.54) is 0 Å². The van der Waals surface area contributed by atoms with Gasteiger partial charge in [0.2, 0.25) is 5.91 Å². The highest BCUT2D eigenvalue weighted by molar-refractivity contribution is 5.93. The monoisotopic (exact) mass is 312 g/mol. The van der Waals surface area contributed by atoms with E-state index in [1.807, 2.05) is 30.3 Å². The van der Waals surface area contributed by atoms with Crippen LogP contribution in [-0.4, -0.2) is 29.8 Å². The van der Waals surface area contributed by atoms with Crippen LogP contribution in [0.5, 0.6) is 5.75 Å². The average molecular weight is 312 g/mol. The lowest BCUT2D eigenvalue weighted by atomic mass is 10.1. The molecule has 120 valence electrons. The molecule has 3 rings (SSSR count). The van der Waals surface area contributed by atoms with Gasteiger partial charge in [0.15, 0.2) is 5.82 Å². The minimum Gasteiger partial charge on any atom is -0.496 e. The van der Waals surface area contributed by atoms with Crippen LogP contribution in [-0.2, 0) is 11.2 Å². The van der Waals surface area contributed by atoms with E-state index in [0.29, 0.717) is 11.6 Å². The van der Waals surface area contributed by atoms with Crippen molar-refractivity contribution in [1.29, 1.82) is 0 Å². The largest absolute Gasteiger partial charge is 0.496 e. The van der Waals surface area contributed by atoms with Gasteiger partial charge in [-0.05, 0) is 43.0 Å². The van der Waals surface area contributed by atoms with Gasteiger partial charge in [-0.25, -0.2) is 0 Å². The van der Waals surface area contributed by atoms with Crippen molar-refractivity contribution in [2.75, 3.05) is 24.3 Å². The van der Waals surface area contributed by atoms with Crippen molar-refractivity contribution in [3.05, 3.63) is 42.0 Å². The first-order valence-corrected chi connectivity index (χ1v) is 7.76. The molecule has 0 unspecified atom stereocenters. The van der Waals surface area contributed by atoms with Crippen LogP contribution in [0.2, 0.25) is 0 Å². The first-order valence-electron chi connectivity index (χ1n) is 7.76. The van der Waals surface area contributed by atoms with Gasteiger partial charge in [-0.2, -0.15) is 0 Å². The number of methoxy groups -OCH3 is 1. The zero-order chi connectivity index (χ0) is 16.1. The number of hydrogen-bond donors (Lipinski definition) is 2. The maximum absolute atomic E-state index is 11.6. The molecule has 1 aliphatic rings. The van der Waals surface area contributed by atoms with Gasteiger partial charge in [0.05, 0.1) is 7.11 Å². The molecule has 6 nitrogen and oxygen atoms in total. The van der Waals surface area contributed by atoms with E-state index < -0.39 is 0 Å². The van der Waals surface area contributed by atoms with Gasteiger partial charge in [-0.1, -0.05) is 18.2 Å². The highest BCUT2D eigenvalue weighted by Gasteiger charge is 2.29. The Kier molecular flexibility index (Phi) is 4.71. The minimum absolute atomic E-state index is 0.0381. The molecule has 0 aliphatic heterocycles. The number of hydrogen-bond acceptors (Lipinski definition) is 5. The Morgan fingerprint density at radius 3 is 2.61 bits per heavy atom. The first kappa shape index (κ1) is 15.3. The highest BCUT2D eigenvalue weighted by atomic mass is 16.5. The molecule has 1 saturated carbocycles. The third-order valence-corrected chi connectivity index (χ3v) is 3.76. The minimum atomic E-state index is 0.0381. The fraction of sp³-hybridized carbons (Fsp3) is 0.353. The van der Waals surface area contributed by atoms with Crippen LogP contribution >= 0.6 is 0 Å². The van der Waals surface area contributed by atoms with E-state index in [1.54, 1.807) is 13.2 Å². The van der Waals surface area contributed by atoms with Crippen LogP contribution in [0.4, 0.5) is 11.6 Å². The van der Waals surface area contributed by atoms with Gasteiger partial charge in [0, 0.05) is 12.5 Å².